The van der Waals surface area contributed by atoms with Gasteiger partial charge in [-0.15, -0.1) is 11.3 Å². The lowest BCUT2D eigenvalue weighted by molar-refractivity contribution is -0.0372. The van der Waals surface area contributed by atoms with Crippen LogP contribution in [0, 0.1) is 11.8 Å². The second kappa shape index (κ2) is 5.63. The Labute approximate surface area is 137 Å². The second-order valence-corrected chi connectivity index (χ2v) is 9.86. The van der Waals surface area contributed by atoms with Crippen molar-refractivity contribution in [2.45, 2.75) is 29.3 Å². The van der Waals surface area contributed by atoms with Crippen molar-refractivity contribution >= 4 is 44.6 Å². The molecular formula is C12H15Cl2NO4S2. The van der Waals surface area contributed by atoms with Gasteiger partial charge in [0.05, 0.1) is 17.2 Å². The zero-order chi connectivity index (χ0) is 15.4. The molecule has 118 valence electrons. The molecule has 9 heteroatoms. The molecule has 21 heavy (non-hydrogen) atoms. The lowest BCUT2D eigenvalue weighted by Crippen LogP contribution is -2.38. The van der Waals surface area contributed by atoms with Crippen molar-refractivity contribution < 1.29 is 18.6 Å². The van der Waals surface area contributed by atoms with E-state index in [9.17, 15) is 18.6 Å². The van der Waals surface area contributed by atoms with Gasteiger partial charge in [0.25, 0.3) is 10.0 Å². The number of aliphatic hydroxyl groups excluding tert-OH is 2. The van der Waals surface area contributed by atoms with Crippen LogP contribution in [0.5, 0.6) is 0 Å². The quantitative estimate of drug-likeness (QED) is 0.830. The van der Waals surface area contributed by atoms with Gasteiger partial charge in [-0.05, 0) is 30.7 Å². The van der Waals surface area contributed by atoms with Gasteiger partial charge in [0.1, 0.15) is 8.55 Å². The van der Waals surface area contributed by atoms with Gasteiger partial charge in [-0.3, -0.25) is 0 Å². The second-order valence-electron chi connectivity index (χ2n) is 5.64. The van der Waals surface area contributed by atoms with Crippen molar-refractivity contribution in [2.24, 2.45) is 11.8 Å². The fourth-order valence-electron chi connectivity index (χ4n) is 3.14. The highest BCUT2D eigenvalue weighted by molar-refractivity contribution is 7.91. The third-order valence-corrected chi connectivity index (χ3v) is 8.44. The van der Waals surface area contributed by atoms with E-state index in [-0.39, 0.29) is 25.4 Å². The Bertz CT molecular complexity index is 610. The highest BCUT2D eigenvalue weighted by Gasteiger charge is 2.45. The van der Waals surface area contributed by atoms with E-state index in [0.717, 1.165) is 11.3 Å². The topological polar surface area (TPSA) is 77.8 Å². The van der Waals surface area contributed by atoms with Gasteiger partial charge in [-0.25, -0.2) is 8.42 Å². The highest BCUT2D eigenvalue weighted by Crippen LogP contribution is 2.41. The third kappa shape index (κ3) is 2.85. The predicted molar refractivity (Wildman–Crippen MR) is 81.3 cm³/mol. The van der Waals surface area contributed by atoms with Crippen molar-refractivity contribution in [3.05, 3.63) is 15.4 Å². The van der Waals surface area contributed by atoms with E-state index in [1.165, 1.54) is 10.4 Å². The maximum Gasteiger partial charge on any atom is 0.252 e. The van der Waals surface area contributed by atoms with Crippen molar-refractivity contribution in [3.8, 4) is 0 Å². The first-order valence-corrected chi connectivity index (χ1v) is 9.61. The molecule has 2 N–H and O–H groups in total. The summed E-state index contributed by atoms with van der Waals surface area (Å²) in [7, 11) is -3.61. The number of fused-ring (bicyclic) bond motifs is 1. The van der Waals surface area contributed by atoms with Crippen LogP contribution in [-0.2, 0) is 10.0 Å². The van der Waals surface area contributed by atoms with Crippen molar-refractivity contribution in [3.63, 3.8) is 0 Å². The van der Waals surface area contributed by atoms with E-state index >= 15 is 0 Å². The normalized spacial score (nSPS) is 34.1. The van der Waals surface area contributed by atoms with Gasteiger partial charge < -0.3 is 10.2 Å². The van der Waals surface area contributed by atoms with Crippen molar-refractivity contribution in [2.75, 3.05) is 13.1 Å². The Morgan fingerprint density at radius 3 is 2.10 bits per heavy atom. The number of hydrogen-bond acceptors (Lipinski definition) is 5. The Balaban J connectivity index is 1.82. The van der Waals surface area contributed by atoms with E-state index in [1.807, 2.05) is 0 Å². The molecule has 3 rings (SSSR count). The average molecular weight is 372 g/mol. The number of nitrogens with zero attached hydrogens (tertiary/aromatic N) is 1. The maximum absolute atomic E-state index is 12.6. The largest absolute Gasteiger partial charge is 0.390 e. The fraction of sp³-hybridized carbons (Fsp3) is 0.667. The SMILES string of the molecule is O=S(=O)(c1cc(Cl)c(Cl)s1)N1C[C@H]2C[C@H](O)[C@@H](O)C[C@H]2C1. The molecule has 0 unspecified atom stereocenters. The number of hydrogen-bond donors (Lipinski definition) is 2. The van der Waals surface area contributed by atoms with Gasteiger partial charge in [0.2, 0.25) is 0 Å². The number of sulfonamides is 1. The van der Waals surface area contributed by atoms with E-state index in [0.29, 0.717) is 25.9 Å². The molecule has 1 aromatic rings. The van der Waals surface area contributed by atoms with E-state index in [2.05, 4.69) is 0 Å². The number of halogens is 2. The smallest absolute Gasteiger partial charge is 0.252 e. The van der Waals surface area contributed by atoms with Crippen LogP contribution in [-0.4, -0.2) is 48.2 Å². The summed E-state index contributed by atoms with van der Waals surface area (Å²) in [6.07, 6.45) is -0.660. The van der Waals surface area contributed by atoms with Gasteiger partial charge in [0.15, 0.2) is 0 Å². The van der Waals surface area contributed by atoms with Gasteiger partial charge in [0, 0.05) is 13.1 Å². The zero-order valence-electron chi connectivity index (χ0n) is 10.9. The molecule has 0 spiro atoms. The number of rotatable bonds is 2. The maximum atomic E-state index is 12.6. The lowest BCUT2D eigenvalue weighted by atomic mass is 9.79. The Kier molecular flexibility index (Phi) is 4.29. The minimum absolute atomic E-state index is 0.0871. The van der Waals surface area contributed by atoms with Crippen molar-refractivity contribution in [1.29, 1.82) is 0 Å². The molecule has 1 aliphatic carbocycles. The van der Waals surface area contributed by atoms with Crippen LogP contribution in [0.1, 0.15) is 12.8 Å². The molecule has 4 atom stereocenters. The average Bonchev–Trinajstić information content (AvgIpc) is 2.95. The van der Waals surface area contributed by atoms with Gasteiger partial charge in [-0.1, -0.05) is 23.2 Å². The minimum atomic E-state index is -3.61. The summed E-state index contributed by atoms with van der Waals surface area (Å²) in [4.78, 5) is 0. The fourth-order valence-corrected chi connectivity index (χ4v) is 6.73. The summed E-state index contributed by atoms with van der Waals surface area (Å²) < 4.78 is 27.0. The van der Waals surface area contributed by atoms with Crippen LogP contribution in [0.15, 0.2) is 10.3 Å². The van der Waals surface area contributed by atoms with Crippen LogP contribution in [0.25, 0.3) is 0 Å². The molecule has 0 aromatic carbocycles. The predicted octanol–water partition coefficient (Wildman–Crippen LogP) is 1.81. The van der Waals surface area contributed by atoms with Crippen LogP contribution in [0.4, 0.5) is 0 Å². The van der Waals surface area contributed by atoms with Crippen LogP contribution >= 0.6 is 34.5 Å². The molecule has 2 heterocycles. The Hall–Kier alpha value is 0.110. The summed E-state index contributed by atoms with van der Waals surface area (Å²) >= 11 is 12.6. The first-order chi connectivity index (χ1) is 9.79. The molecule has 1 saturated heterocycles. The molecule has 5 nitrogen and oxygen atoms in total. The molecular weight excluding hydrogens is 357 g/mol. The van der Waals surface area contributed by atoms with Crippen LogP contribution < -0.4 is 0 Å². The molecule has 1 aliphatic heterocycles. The molecule has 1 saturated carbocycles. The van der Waals surface area contributed by atoms with Crippen molar-refractivity contribution in [1.82, 2.24) is 4.31 Å². The number of thiophene rings is 1. The molecule has 0 bridgehead atoms. The van der Waals surface area contributed by atoms with E-state index in [4.69, 9.17) is 23.2 Å². The molecule has 0 radical (unpaired) electrons. The minimum Gasteiger partial charge on any atom is -0.390 e. The lowest BCUT2D eigenvalue weighted by Gasteiger charge is -2.31. The van der Waals surface area contributed by atoms with Gasteiger partial charge in [-0.2, -0.15) is 4.31 Å². The monoisotopic (exact) mass is 371 g/mol. The zero-order valence-corrected chi connectivity index (χ0v) is 14.1. The molecule has 0 amide bonds. The standard InChI is InChI=1S/C12H15Cl2NO4S2/c13-8-3-11(20-12(8)14)21(18,19)15-4-6-1-9(16)10(17)2-7(6)5-15/h3,6-7,9-10,16-17H,1-2,4-5H2/t6-,7+,9-,10-/m0/s1. The summed E-state index contributed by atoms with van der Waals surface area (Å²) in [5, 5.41) is 19.7. The summed E-state index contributed by atoms with van der Waals surface area (Å²) in [6, 6.07) is 1.37. The first kappa shape index (κ1) is 16.0. The van der Waals surface area contributed by atoms with E-state index in [1.54, 1.807) is 0 Å². The van der Waals surface area contributed by atoms with E-state index < -0.39 is 22.2 Å². The Morgan fingerprint density at radius 2 is 1.67 bits per heavy atom. The Morgan fingerprint density at radius 1 is 1.14 bits per heavy atom. The van der Waals surface area contributed by atoms with Crippen LogP contribution in [0.3, 0.4) is 0 Å². The summed E-state index contributed by atoms with van der Waals surface area (Å²) in [6.45, 7) is 0.730. The molecule has 1 aromatic heterocycles. The molecule has 2 aliphatic rings. The van der Waals surface area contributed by atoms with Crippen LogP contribution in [0.2, 0.25) is 9.36 Å². The summed E-state index contributed by atoms with van der Waals surface area (Å²) in [5.41, 5.74) is 0. The highest BCUT2D eigenvalue weighted by atomic mass is 35.5. The summed E-state index contributed by atoms with van der Waals surface area (Å²) in [5.74, 6) is 0.174. The van der Waals surface area contributed by atoms with Gasteiger partial charge >= 0.3 is 0 Å². The molecule has 2 fully saturated rings. The third-order valence-electron chi connectivity index (χ3n) is 4.29. The first-order valence-electron chi connectivity index (χ1n) is 6.60. The number of aliphatic hydroxyl groups is 2.